The van der Waals surface area contributed by atoms with Gasteiger partial charge in [-0.1, -0.05) is 35.0 Å². The Morgan fingerprint density at radius 2 is 2.00 bits per heavy atom. The molecule has 0 atom stereocenters. The van der Waals surface area contributed by atoms with Crippen LogP contribution in [0.4, 0.5) is 0 Å². The van der Waals surface area contributed by atoms with Gasteiger partial charge in [0, 0.05) is 10.6 Å². The summed E-state index contributed by atoms with van der Waals surface area (Å²) >= 11 is 5.88. The van der Waals surface area contributed by atoms with E-state index in [0.717, 1.165) is 5.56 Å². The first kappa shape index (κ1) is 16.1. The van der Waals surface area contributed by atoms with Crippen molar-refractivity contribution in [1.29, 1.82) is 0 Å². The predicted molar refractivity (Wildman–Crippen MR) is 91.3 cm³/mol. The predicted octanol–water partition coefficient (Wildman–Crippen LogP) is 3.79. The van der Waals surface area contributed by atoms with Crippen molar-refractivity contribution in [3.8, 4) is 11.5 Å². The summed E-state index contributed by atoms with van der Waals surface area (Å²) in [4.78, 5) is 16.8. The second-order valence-electron chi connectivity index (χ2n) is 5.04. The van der Waals surface area contributed by atoms with Gasteiger partial charge in [-0.2, -0.15) is 0 Å². The van der Waals surface area contributed by atoms with Gasteiger partial charge in [-0.15, -0.1) is 0 Å². The Labute approximate surface area is 143 Å². The van der Waals surface area contributed by atoms with Crippen LogP contribution in [-0.2, 0) is 9.63 Å². The topological polar surface area (TPSA) is 68.1 Å². The fraction of sp³-hybridized carbons (Fsp3) is 0.111. The average Bonchev–Trinajstić information content (AvgIpc) is 2.93. The van der Waals surface area contributed by atoms with Gasteiger partial charge in [0.1, 0.15) is 5.71 Å². The molecule has 1 N–H and O–H groups in total. The summed E-state index contributed by atoms with van der Waals surface area (Å²) in [7, 11) is 0. The molecule has 0 fully saturated rings. The molecule has 1 aliphatic rings. The summed E-state index contributed by atoms with van der Waals surface area (Å²) in [6.45, 7) is 2.25. The molecular weight excluding hydrogens is 330 g/mol. The highest BCUT2D eigenvalue weighted by Gasteiger charge is 2.26. The molecule has 1 aliphatic heterocycles. The number of hydrogen-bond acceptors (Lipinski definition) is 5. The molecule has 0 amide bonds. The quantitative estimate of drug-likeness (QED) is 0.677. The number of benzene rings is 2. The summed E-state index contributed by atoms with van der Waals surface area (Å²) < 4.78 is 5.35. The lowest BCUT2D eigenvalue weighted by Gasteiger charge is -2.07. The third-order valence-electron chi connectivity index (χ3n) is 3.41. The third-order valence-corrected chi connectivity index (χ3v) is 3.66. The zero-order chi connectivity index (χ0) is 17.1. The lowest BCUT2D eigenvalue weighted by Crippen LogP contribution is -2.06. The van der Waals surface area contributed by atoms with Gasteiger partial charge in [0.2, 0.25) is 0 Å². The largest absolute Gasteiger partial charge is 0.504 e. The first-order valence-electron chi connectivity index (χ1n) is 7.31. The van der Waals surface area contributed by atoms with Gasteiger partial charge in [0.05, 0.1) is 12.2 Å². The maximum absolute atomic E-state index is 12.0. The van der Waals surface area contributed by atoms with E-state index >= 15 is 0 Å². The maximum atomic E-state index is 12.0. The van der Waals surface area contributed by atoms with Crippen LogP contribution in [-0.4, -0.2) is 23.4 Å². The Bertz CT molecular complexity index is 841. The Kier molecular flexibility index (Phi) is 4.53. The summed E-state index contributed by atoms with van der Waals surface area (Å²) in [5, 5.41) is 14.2. The van der Waals surface area contributed by atoms with E-state index in [-0.39, 0.29) is 5.75 Å². The number of carbonyl (C=O) groups excluding carboxylic acids is 1. The summed E-state index contributed by atoms with van der Waals surface area (Å²) in [5.41, 5.74) is 2.17. The molecule has 0 unspecified atom stereocenters. The molecule has 0 aliphatic carbocycles. The molecule has 0 saturated carbocycles. The number of oxime groups is 1. The van der Waals surface area contributed by atoms with Crippen molar-refractivity contribution in [1.82, 2.24) is 0 Å². The van der Waals surface area contributed by atoms with Gasteiger partial charge in [0.15, 0.2) is 11.5 Å². The zero-order valence-corrected chi connectivity index (χ0v) is 13.6. The lowest BCUT2D eigenvalue weighted by atomic mass is 10.0. The molecule has 3 rings (SSSR count). The standard InChI is InChI=1S/C18H14ClNO4/c1-2-23-16-10-11(3-8-15(16)21)9-14-17(20-24-18(14)22)12-4-6-13(19)7-5-12/h3-10,21H,2H2,1H3/b14-9-. The van der Waals surface area contributed by atoms with Crippen molar-refractivity contribution in [2.75, 3.05) is 6.61 Å². The molecule has 5 nitrogen and oxygen atoms in total. The number of phenols is 1. The van der Waals surface area contributed by atoms with Gasteiger partial charge in [-0.05, 0) is 42.8 Å². The molecule has 0 bridgehead atoms. The van der Waals surface area contributed by atoms with Crippen LogP contribution in [0.25, 0.3) is 6.08 Å². The number of phenolic OH excluding ortho intramolecular Hbond substituents is 1. The van der Waals surface area contributed by atoms with Crippen LogP contribution in [0, 0.1) is 0 Å². The van der Waals surface area contributed by atoms with Crippen molar-refractivity contribution < 1.29 is 19.5 Å². The fourth-order valence-corrected chi connectivity index (χ4v) is 2.41. The fourth-order valence-electron chi connectivity index (χ4n) is 2.28. The Morgan fingerprint density at radius 1 is 1.25 bits per heavy atom. The molecular formula is C18H14ClNO4. The van der Waals surface area contributed by atoms with E-state index in [1.54, 1.807) is 42.5 Å². The van der Waals surface area contributed by atoms with Crippen LogP contribution in [0.15, 0.2) is 53.2 Å². The second kappa shape index (κ2) is 6.76. The molecule has 0 saturated heterocycles. The first-order chi connectivity index (χ1) is 11.6. The number of rotatable bonds is 4. The van der Waals surface area contributed by atoms with Crippen LogP contribution in [0.5, 0.6) is 11.5 Å². The van der Waals surface area contributed by atoms with Crippen LogP contribution >= 0.6 is 11.6 Å². The van der Waals surface area contributed by atoms with Gasteiger partial charge in [0.25, 0.3) is 0 Å². The van der Waals surface area contributed by atoms with Gasteiger partial charge >= 0.3 is 5.97 Å². The number of nitrogens with zero attached hydrogens (tertiary/aromatic N) is 1. The highest BCUT2D eigenvalue weighted by Crippen LogP contribution is 2.29. The van der Waals surface area contributed by atoms with Gasteiger partial charge in [-0.3, -0.25) is 0 Å². The number of aromatic hydroxyl groups is 1. The molecule has 24 heavy (non-hydrogen) atoms. The first-order valence-corrected chi connectivity index (χ1v) is 7.69. The number of hydrogen-bond donors (Lipinski definition) is 1. The number of carbonyl (C=O) groups is 1. The van der Waals surface area contributed by atoms with Crippen LogP contribution < -0.4 is 4.74 Å². The number of halogens is 1. The average molecular weight is 344 g/mol. The molecule has 2 aromatic rings. The SMILES string of the molecule is CCOc1cc(/C=C2\C(=O)ON=C2c2ccc(Cl)cc2)ccc1O. The lowest BCUT2D eigenvalue weighted by molar-refractivity contribution is -0.136. The molecule has 0 radical (unpaired) electrons. The van der Waals surface area contributed by atoms with E-state index in [2.05, 4.69) is 5.16 Å². The molecule has 122 valence electrons. The minimum absolute atomic E-state index is 0.0413. The minimum Gasteiger partial charge on any atom is -0.504 e. The highest BCUT2D eigenvalue weighted by molar-refractivity contribution is 6.32. The highest BCUT2D eigenvalue weighted by atomic mass is 35.5. The molecule has 0 spiro atoms. The third kappa shape index (κ3) is 3.26. The monoisotopic (exact) mass is 343 g/mol. The summed E-state index contributed by atoms with van der Waals surface area (Å²) in [6, 6.07) is 11.8. The van der Waals surface area contributed by atoms with Crippen LogP contribution in [0.2, 0.25) is 5.02 Å². The van der Waals surface area contributed by atoms with Crippen LogP contribution in [0.3, 0.4) is 0 Å². The minimum atomic E-state index is -0.536. The van der Waals surface area contributed by atoms with E-state index < -0.39 is 5.97 Å². The Hall–Kier alpha value is -2.79. The Balaban J connectivity index is 1.98. The van der Waals surface area contributed by atoms with Crippen molar-refractivity contribution in [3.63, 3.8) is 0 Å². The van der Waals surface area contributed by atoms with Crippen molar-refractivity contribution >= 4 is 29.4 Å². The number of ether oxygens (including phenoxy) is 1. The zero-order valence-electron chi connectivity index (χ0n) is 12.8. The van der Waals surface area contributed by atoms with E-state index in [1.165, 1.54) is 6.07 Å². The van der Waals surface area contributed by atoms with E-state index in [9.17, 15) is 9.90 Å². The Morgan fingerprint density at radius 3 is 2.71 bits per heavy atom. The summed E-state index contributed by atoms with van der Waals surface area (Å²) in [5.74, 6) is -0.145. The second-order valence-corrected chi connectivity index (χ2v) is 5.48. The molecule has 6 heteroatoms. The van der Waals surface area contributed by atoms with Gasteiger partial charge in [-0.25, -0.2) is 4.79 Å². The van der Waals surface area contributed by atoms with Crippen molar-refractivity contribution in [2.24, 2.45) is 5.16 Å². The molecule has 1 heterocycles. The van der Waals surface area contributed by atoms with Crippen molar-refractivity contribution in [3.05, 3.63) is 64.2 Å². The maximum Gasteiger partial charge on any atom is 0.368 e. The van der Waals surface area contributed by atoms with E-state index in [4.69, 9.17) is 21.2 Å². The van der Waals surface area contributed by atoms with Crippen molar-refractivity contribution in [2.45, 2.75) is 6.92 Å². The van der Waals surface area contributed by atoms with E-state index in [1.807, 2.05) is 6.92 Å². The van der Waals surface area contributed by atoms with Gasteiger partial charge < -0.3 is 14.7 Å². The normalized spacial score (nSPS) is 15.3. The molecule has 0 aromatic heterocycles. The summed E-state index contributed by atoms with van der Waals surface area (Å²) in [6.07, 6.45) is 1.64. The molecule has 2 aromatic carbocycles. The van der Waals surface area contributed by atoms with Crippen LogP contribution in [0.1, 0.15) is 18.1 Å². The smallest absolute Gasteiger partial charge is 0.368 e. The van der Waals surface area contributed by atoms with E-state index in [0.29, 0.717) is 34.2 Å².